The first-order valence-electron chi connectivity index (χ1n) is 9.16. The second kappa shape index (κ2) is 4.19. The van der Waals surface area contributed by atoms with Gasteiger partial charge in [0.15, 0.2) is 0 Å². The minimum atomic E-state index is -0.560. The maximum atomic E-state index is 11.2. The Labute approximate surface area is 145 Å². The Balaban J connectivity index is 1.96. The molecule has 4 rings (SSSR count). The molecule has 0 radical (unpaired) electrons. The molecule has 0 bridgehead atoms. The Hall–Kier alpha value is -1.06. The largest absolute Gasteiger partial charge is 0.508 e. The average molecular weight is 330 g/mol. The molecule has 3 nitrogen and oxygen atoms in total. The number of rotatable bonds is 1. The minimum absolute atomic E-state index is 0.0935. The molecule has 2 saturated carbocycles. The van der Waals surface area contributed by atoms with Crippen LogP contribution in [0.2, 0.25) is 0 Å². The van der Waals surface area contributed by atoms with E-state index in [0.717, 1.165) is 30.4 Å². The summed E-state index contributed by atoms with van der Waals surface area (Å²) in [7, 11) is 0. The highest BCUT2D eigenvalue weighted by atomic mass is 16.6. The molecule has 3 fully saturated rings. The first-order chi connectivity index (χ1) is 11.0. The van der Waals surface area contributed by atoms with Gasteiger partial charge in [-0.2, -0.15) is 0 Å². The Morgan fingerprint density at radius 3 is 2.50 bits per heavy atom. The van der Waals surface area contributed by atoms with Crippen LogP contribution in [-0.4, -0.2) is 27.5 Å². The fourth-order valence-corrected chi connectivity index (χ4v) is 6.40. The average Bonchev–Trinajstić information content (AvgIpc) is 3.22. The lowest BCUT2D eigenvalue weighted by atomic mass is 9.45. The number of fused-ring (bicyclic) bond motifs is 1. The van der Waals surface area contributed by atoms with Crippen LogP contribution in [0.5, 0.6) is 0 Å². The summed E-state index contributed by atoms with van der Waals surface area (Å²) in [6, 6.07) is 0. The molecule has 3 aliphatic carbocycles. The van der Waals surface area contributed by atoms with Gasteiger partial charge in [-0.05, 0) is 43.1 Å². The monoisotopic (exact) mass is 330 g/mol. The highest BCUT2D eigenvalue weighted by Gasteiger charge is 2.87. The summed E-state index contributed by atoms with van der Waals surface area (Å²) < 4.78 is 6.57. The summed E-state index contributed by atoms with van der Waals surface area (Å²) in [6.45, 7) is 16.8. The predicted molar refractivity (Wildman–Crippen MR) is 94.6 cm³/mol. The molecule has 0 amide bonds. The van der Waals surface area contributed by atoms with Crippen molar-refractivity contribution in [3.05, 3.63) is 36.1 Å². The number of ether oxygens (including phenoxy) is 1. The van der Waals surface area contributed by atoms with E-state index in [1.807, 2.05) is 6.08 Å². The van der Waals surface area contributed by atoms with Gasteiger partial charge in [-0.1, -0.05) is 40.3 Å². The number of aliphatic hydroxyl groups excluding tert-OH is 2. The molecule has 24 heavy (non-hydrogen) atoms. The zero-order valence-electron chi connectivity index (χ0n) is 15.4. The lowest BCUT2D eigenvalue weighted by Gasteiger charge is -2.56. The second-order valence-corrected chi connectivity index (χ2v) is 9.61. The van der Waals surface area contributed by atoms with Gasteiger partial charge in [-0.15, -0.1) is 6.58 Å². The van der Waals surface area contributed by atoms with Crippen molar-refractivity contribution in [3.63, 3.8) is 0 Å². The zero-order valence-corrected chi connectivity index (χ0v) is 15.4. The van der Waals surface area contributed by atoms with E-state index in [-0.39, 0.29) is 16.6 Å². The third kappa shape index (κ3) is 1.41. The molecule has 4 aliphatic rings. The van der Waals surface area contributed by atoms with Crippen LogP contribution in [0.15, 0.2) is 36.1 Å². The minimum Gasteiger partial charge on any atom is -0.508 e. The molecule has 1 aliphatic heterocycles. The maximum Gasteiger partial charge on any atom is 0.132 e. The van der Waals surface area contributed by atoms with Gasteiger partial charge in [-0.3, -0.25) is 0 Å². The first kappa shape index (κ1) is 16.4. The van der Waals surface area contributed by atoms with Crippen LogP contribution in [0.1, 0.15) is 59.8 Å². The van der Waals surface area contributed by atoms with E-state index in [0.29, 0.717) is 12.8 Å². The summed E-state index contributed by atoms with van der Waals surface area (Å²) in [6.07, 6.45) is 5.76. The van der Waals surface area contributed by atoms with Crippen LogP contribution in [0, 0.1) is 16.2 Å². The van der Waals surface area contributed by atoms with Crippen molar-refractivity contribution in [2.24, 2.45) is 16.2 Å². The van der Waals surface area contributed by atoms with Crippen molar-refractivity contribution in [3.8, 4) is 0 Å². The van der Waals surface area contributed by atoms with Gasteiger partial charge in [0.2, 0.25) is 0 Å². The van der Waals surface area contributed by atoms with Gasteiger partial charge < -0.3 is 14.9 Å². The molecule has 0 spiro atoms. The molecule has 0 aromatic carbocycles. The molecule has 0 aromatic rings. The highest BCUT2D eigenvalue weighted by molar-refractivity contribution is 5.58. The number of epoxide rings is 1. The van der Waals surface area contributed by atoms with Crippen LogP contribution in [0.25, 0.3) is 0 Å². The van der Waals surface area contributed by atoms with Crippen molar-refractivity contribution >= 4 is 0 Å². The summed E-state index contributed by atoms with van der Waals surface area (Å²) in [4.78, 5) is 0. The van der Waals surface area contributed by atoms with Crippen LogP contribution >= 0.6 is 0 Å². The Kier molecular flexibility index (Phi) is 2.86. The lowest BCUT2D eigenvalue weighted by Crippen LogP contribution is -2.62. The van der Waals surface area contributed by atoms with Crippen molar-refractivity contribution in [1.82, 2.24) is 0 Å². The van der Waals surface area contributed by atoms with Crippen molar-refractivity contribution in [2.75, 3.05) is 0 Å². The standard InChI is InChI=1S/C21H30O3/c1-7-18(5)11-14-16(23)13(2)21-17(3,4)9-8-10-20(21,24-21)19(14,6)15(22)12-18/h7,15,22-23H,1-2,8-12H2,3-6H3/t15-,18+,19-,20-,21-/m0/s1. The number of aliphatic hydroxyl groups is 2. The summed E-state index contributed by atoms with van der Waals surface area (Å²) in [5.74, 6) is 0.271. The summed E-state index contributed by atoms with van der Waals surface area (Å²) in [5.41, 5.74) is -0.189. The molecule has 132 valence electrons. The quantitative estimate of drug-likeness (QED) is 0.552. The number of hydrogen-bond donors (Lipinski definition) is 2. The van der Waals surface area contributed by atoms with Crippen LogP contribution in [-0.2, 0) is 4.74 Å². The molecule has 1 heterocycles. The number of hydrogen-bond acceptors (Lipinski definition) is 3. The third-order valence-electron chi connectivity index (χ3n) is 8.00. The fourth-order valence-electron chi connectivity index (χ4n) is 6.40. The molecule has 3 heteroatoms. The lowest BCUT2D eigenvalue weighted by molar-refractivity contribution is -0.0559. The van der Waals surface area contributed by atoms with E-state index in [1.165, 1.54) is 0 Å². The van der Waals surface area contributed by atoms with Gasteiger partial charge in [0, 0.05) is 11.0 Å². The fraction of sp³-hybridized carbons (Fsp3) is 0.714. The Morgan fingerprint density at radius 1 is 1.21 bits per heavy atom. The van der Waals surface area contributed by atoms with E-state index >= 15 is 0 Å². The van der Waals surface area contributed by atoms with Gasteiger partial charge >= 0.3 is 0 Å². The maximum absolute atomic E-state index is 11.2. The molecule has 5 atom stereocenters. The van der Waals surface area contributed by atoms with Crippen molar-refractivity contribution in [1.29, 1.82) is 0 Å². The summed E-state index contributed by atoms with van der Waals surface area (Å²) >= 11 is 0. The van der Waals surface area contributed by atoms with Crippen LogP contribution in [0.3, 0.4) is 0 Å². The van der Waals surface area contributed by atoms with Gasteiger partial charge in [0.05, 0.1) is 11.5 Å². The van der Waals surface area contributed by atoms with Gasteiger partial charge in [-0.25, -0.2) is 0 Å². The molecule has 0 unspecified atom stereocenters. The normalized spacial score (nSPS) is 52.2. The molecule has 0 aromatic heterocycles. The van der Waals surface area contributed by atoms with E-state index < -0.39 is 22.7 Å². The van der Waals surface area contributed by atoms with Crippen LogP contribution < -0.4 is 0 Å². The second-order valence-electron chi connectivity index (χ2n) is 9.61. The van der Waals surface area contributed by atoms with E-state index in [2.05, 4.69) is 40.9 Å². The smallest absolute Gasteiger partial charge is 0.132 e. The Morgan fingerprint density at radius 2 is 1.88 bits per heavy atom. The van der Waals surface area contributed by atoms with Crippen LogP contribution in [0.4, 0.5) is 0 Å². The zero-order chi connectivity index (χ0) is 17.8. The van der Waals surface area contributed by atoms with Gasteiger partial charge in [0.25, 0.3) is 0 Å². The molecule has 2 N–H and O–H groups in total. The van der Waals surface area contributed by atoms with E-state index in [4.69, 9.17) is 4.74 Å². The van der Waals surface area contributed by atoms with Crippen molar-refractivity contribution in [2.45, 2.75) is 77.1 Å². The third-order valence-corrected chi connectivity index (χ3v) is 8.00. The predicted octanol–water partition coefficient (Wildman–Crippen LogP) is 4.44. The van der Waals surface area contributed by atoms with Gasteiger partial charge in [0.1, 0.15) is 17.0 Å². The highest BCUT2D eigenvalue weighted by Crippen LogP contribution is 2.80. The first-order valence-corrected chi connectivity index (χ1v) is 9.16. The van der Waals surface area contributed by atoms with E-state index in [9.17, 15) is 10.2 Å². The molecular formula is C21H30O3. The van der Waals surface area contributed by atoms with E-state index in [1.54, 1.807) is 0 Å². The molecule has 1 saturated heterocycles. The number of allylic oxidation sites excluding steroid dienone is 1. The SMILES string of the molecule is C=C[C@]1(C)CC2=C(O)C(=C)[C@@]34O[C@@]3(CCCC4(C)C)[C@]2(C)[C@@H](O)C1. The topological polar surface area (TPSA) is 53.0 Å². The summed E-state index contributed by atoms with van der Waals surface area (Å²) in [5, 5.41) is 22.3. The van der Waals surface area contributed by atoms with Crippen molar-refractivity contribution < 1.29 is 14.9 Å². The Bertz CT molecular complexity index is 689. The molecular weight excluding hydrogens is 300 g/mol.